The summed E-state index contributed by atoms with van der Waals surface area (Å²) in [6, 6.07) is 12.2. The number of thiophene rings is 1. The van der Waals surface area contributed by atoms with Gasteiger partial charge in [0.05, 0.1) is 27.9 Å². The molecule has 7 nitrogen and oxygen atoms in total. The van der Waals surface area contributed by atoms with Crippen LogP contribution in [0.25, 0.3) is 10.7 Å². The highest BCUT2D eigenvalue weighted by atomic mass is 32.2. The largest absolute Gasteiger partial charge is 0.465 e. The Hall–Kier alpha value is -2.17. The van der Waals surface area contributed by atoms with E-state index >= 15 is 0 Å². The van der Waals surface area contributed by atoms with Gasteiger partial charge in [-0.25, -0.2) is 8.42 Å². The predicted molar refractivity (Wildman–Crippen MR) is 114 cm³/mol. The normalized spacial score (nSPS) is 11.5. The number of esters is 1. The fourth-order valence-electron chi connectivity index (χ4n) is 2.61. The standard InChI is InChI=1S/C19H21N3O4S3/c1-2-22-18(16-10-6-12-27-16)20-21-19(22)28-14-17(23)26-11-7-13-29(24,25)15-8-4-3-5-9-15/h3-6,8-10,12H,2,7,11,13-14H2,1H3. The maximum absolute atomic E-state index is 12.2. The molecule has 0 bridgehead atoms. The number of thioether (sulfide) groups is 1. The van der Waals surface area contributed by atoms with Crippen molar-refractivity contribution in [3.05, 3.63) is 47.8 Å². The van der Waals surface area contributed by atoms with E-state index in [0.717, 1.165) is 10.7 Å². The van der Waals surface area contributed by atoms with Crippen LogP contribution >= 0.6 is 23.1 Å². The highest BCUT2D eigenvalue weighted by Crippen LogP contribution is 2.27. The van der Waals surface area contributed by atoms with E-state index in [2.05, 4.69) is 10.2 Å². The van der Waals surface area contributed by atoms with Crippen molar-refractivity contribution in [2.75, 3.05) is 18.1 Å². The molecule has 0 aliphatic carbocycles. The first-order valence-electron chi connectivity index (χ1n) is 9.04. The summed E-state index contributed by atoms with van der Waals surface area (Å²) < 4.78 is 31.5. The van der Waals surface area contributed by atoms with Crippen LogP contribution in [-0.2, 0) is 25.9 Å². The summed E-state index contributed by atoms with van der Waals surface area (Å²) in [6.45, 7) is 2.75. The van der Waals surface area contributed by atoms with E-state index in [1.54, 1.807) is 41.7 Å². The molecular formula is C19H21N3O4S3. The van der Waals surface area contributed by atoms with Gasteiger partial charge in [0.25, 0.3) is 0 Å². The Morgan fingerprint density at radius 3 is 2.66 bits per heavy atom. The second kappa shape index (κ2) is 10.0. The summed E-state index contributed by atoms with van der Waals surface area (Å²) in [5.74, 6) is 0.402. The molecule has 3 aromatic rings. The zero-order valence-corrected chi connectivity index (χ0v) is 18.3. The smallest absolute Gasteiger partial charge is 0.316 e. The molecule has 3 rings (SSSR count). The molecule has 154 valence electrons. The van der Waals surface area contributed by atoms with Crippen molar-refractivity contribution in [3.63, 3.8) is 0 Å². The van der Waals surface area contributed by atoms with E-state index in [1.165, 1.54) is 11.8 Å². The third-order valence-corrected chi connectivity index (χ3v) is 7.64. The molecule has 0 radical (unpaired) electrons. The van der Waals surface area contributed by atoms with Gasteiger partial charge in [-0.15, -0.1) is 21.5 Å². The van der Waals surface area contributed by atoms with Crippen molar-refractivity contribution < 1.29 is 17.9 Å². The van der Waals surface area contributed by atoms with Gasteiger partial charge in [0.15, 0.2) is 20.8 Å². The molecule has 0 aliphatic heterocycles. The Kier molecular flexibility index (Phi) is 7.45. The second-order valence-electron chi connectivity index (χ2n) is 6.02. The Labute approximate surface area is 178 Å². The molecule has 2 heterocycles. The first-order chi connectivity index (χ1) is 14.0. The van der Waals surface area contributed by atoms with Gasteiger partial charge in [-0.3, -0.25) is 4.79 Å². The van der Waals surface area contributed by atoms with E-state index in [4.69, 9.17) is 4.74 Å². The molecule has 2 aromatic heterocycles. The van der Waals surface area contributed by atoms with Crippen LogP contribution in [-0.4, -0.2) is 47.3 Å². The van der Waals surface area contributed by atoms with Crippen LogP contribution in [0.1, 0.15) is 13.3 Å². The number of nitrogens with zero attached hydrogens (tertiary/aromatic N) is 3. The molecule has 0 atom stereocenters. The van der Waals surface area contributed by atoms with Gasteiger partial charge in [0.1, 0.15) is 0 Å². The summed E-state index contributed by atoms with van der Waals surface area (Å²) in [4.78, 5) is 13.3. The minimum absolute atomic E-state index is 0.0619. The molecule has 0 saturated heterocycles. The molecule has 1 aromatic carbocycles. The monoisotopic (exact) mass is 451 g/mol. The number of benzene rings is 1. The van der Waals surface area contributed by atoms with Gasteiger partial charge in [-0.1, -0.05) is 36.0 Å². The predicted octanol–water partition coefficient (Wildman–Crippen LogP) is 3.53. The SMILES string of the molecule is CCn1c(SCC(=O)OCCCS(=O)(=O)c2ccccc2)nnc1-c1cccs1. The first-order valence-corrected chi connectivity index (χ1v) is 12.6. The van der Waals surface area contributed by atoms with Crippen molar-refractivity contribution in [3.8, 4) is 10.7 Å². The van der Waals surface area contributed by atoms with Crippen LogP contribution in [0, 0.1) is 0 Å². The van der Waals surface area contributed by atoms with E-state index in [0.29, 0.717) is 11.7 Å². The molecule has 0 saturated carbocycles. The summed E-state index contributed by atoms with van der Waals surface area (Å²) in [6.07, 6.45) is 0.251. The van der Waals surface area contributed by atoms with Crippen LogP contribution in [0.5, 0.6) is 0 Å². The molecular weight excluding hydrogens is 430 g/mol. The second-order valence-corrected chi connectivity index (χ2v) is 10.0. The van der Waals surface area contributed by atoms with Crippen molar-refractivity contribution in [2.24, 2.45) is 0 Å². The summed E-state index contributed by atoms with van der Waals surface area (Å²) >= 11 is 2.84. The molecule has 29 heavy (non-hydrogen) atoms. The molecule has 0 spiro atoms. The van der Waals surface area contributed by atoms with Gasteiger partial charge in [-0.05, 0) is 36.9 Å². The van der Waals surface area contributed by atoms with Crippen molar-refractivity contribution >= 4 is 38.9 Å². The van der Waals surface area contributed by atoms with Crippen LogP contribution in [0.3, 0.4) is 0 Å². The maximum Gasteiger partial charge on any atom is 0.316 e. The number of hydrogen-bond donors (Lipinski definition) is 0. The highest BCUT2D eigenvalue weighted by Gasteiger charge is 2.16. The lowest BCUT2D eigenvalue weighted by Crippen LogP contribution is -2.13. The molecule has 0 amide bonds. The van der Waals surface area contributed by atoms with Crippen molar-refractivity contribution in [1.29, 1.82) is 0 Å². The molecule has 10 heteroatoms. The van der Waals surface area contributed by atoms with E-state index in [9.17, 15) is 13.2 Å². The quantitative estimate of drug-likeness (QED) is 0.265. The van der Waals surface area contributed by atoms with Crippen LogP contribution in [0.2, 0.25) is 0 Å². The first kappa shape index (κ1) is 21.5. The lowest BCUT2D eigenvalue weighted by atomic mass is 10.4. The van der Waals surface area contributed by atoms with E-state index < -0.39 is 15.8 Å². The molecule has 0 N–H and O–H groups in total. The number of ether oxygens (including phenoxy) is 1. The number of carbonyl (C=O) groups is 1. The van der Waals surface area contributed by atoms with Gasteiger partial charge < -0.3 is 9.30 Å². The third-order valence-electron chi connectivity index (χ3n) is 4.02. The Bertz CT molecular complexity index is 1030. The molecule has 0 unspecified atom stereocenters. The number of aromatic nitrogens is 3. The average molecular weight is 452 g/mol. The van der Waals surface area contributed by atoms with Crippen LogP contribution in [0.4, 0.5) is 0 Å². The van der Waals surface area contributed by atoms with Crippen molar-refractivity contribution in [2.45, 2.75) is 29.9 Å². The van der Waals surface area contributed by atoms with Crippen LogP contribution < -0.4 is 0 Å². The van der Waals surface area contributed by atoms with E-state index in [1.807, 2.05) is 29.0 Å². The topological polar surface area (TPSA) is 91.2 Å². The fourth-order valence-corrected chi connectivity index (χ4v) is 5.44. The average Bonchev–Trinajstić information content (AvgIpc) is 3.39. The molecule has 0 fully saturated rings. The summed E-state index contributed by atoms with van der Waals surface area (Å²) in [5, 5.41) is 11.0. The number of rotatable bonds is 10. The summed E-state index contributed by atoms with van der Waals surface area (Å²) in [7, 11) is -3.36. The Morgan fingerprint density at radius 2 is 1.97 bits per heavy atom. The Balaban J connectivity index is 1.45. The number of carbonyl (C=O) groups excluding carboxylic acids is 1. The summed E-state index contributed by atoms with van der Waals surface area (Å²) in [5.41, 5.74) is 0. The maximum atomic E-state index is 12.2. The number of hydrogen-bond acceptors (Lipinski definition) is 8. The van der Waals surface area contributed by atoms with Gasteiger partial charge >= 0.3 is 5.97 Å². The number of sulfone groups is 1. The highest BCUT2D eigenvalue weighted by molar-refractivity contribution is 7.99. The minimum atomic E-state index is -3.36. The van der Waals surface area contributed by atoms with Crippen molar-refractivity contribution in [1.82, 2.24) is 14.8 Å². The van der Waals surface area contributed by atoms with Crippen LogP contribution in [0.15, 0.2) is 57.9 Å². The fraction of sp³-hybridized carbons (Fsp3) is 0.316. The third kappa shape index (κ3) is 5.68. The Morgan fingerprint density at radius 1 is 1.17 bits per heavy atom. The van der Waals surface area contributed by atoms with Gasteiger partial charge in [0.2, 0.25) is 0 Å². The lowest BCUT2D eigenvalue weighted by molar-refractivity contribution is -0.140. The zero-order valence-electron chi connectivity index (χ0n) is 15.9. The lowest BCUT2D eigenvalue weighted by Gasteiger charge is -2.07. The minimum Gasteiger partial charge on any atom is -0.465 e. The van der Waals surface area contributed by atoms with E-state index in [-0.39, 0.29) is 29.4 Å². The molecule has 0 aliphatic rings. The van der Waals surface area contributed by atoms with Gasteiger partial charge in [0, 0.05) is 6.54 Å². The van der Waals surface area contributed by atoms with Gasteiger partial charge in [-0.2, -0.15) is 0 Å². The zero-order chi connectivity index (χ0) is 20.7.